The molecule has 0 atom stereocenters. The van der Waals surface area contributed by atoms with Crippen molar-refractivity contribution >= 4 is 47.3 Å². The molecule has 8 nitrogen and oxygen atoms in total. The van der Waals surface area contributed by atoms with Gasteiger partial charge >= 0.3 is 0 Å². The van der Waals surface area contributed by atoms with E-state index in [1.807, 2.05) is 60.9 Å². The van der Waals surface area contributed by atoms with Gasteiger partial charge in [0.25, 0.3) is 12.5 Å². The van der Waals surface area contributed by atoms with Crippen LogP contribution in [0.25, 0.3) is 22.8 Å². The molecule has 47 heavy (non-hydrogen) atoms. The summed E-state index contributed by atoms with van der Waals surface area (Å²) in [4.78, 5) is 17.8. The standard InChI is InChI=1S/2C16H21ClN2Si.2CHNO.Ru/c2*1-12(2)20(17,13(3)4)14-8-9-16(19-11-14)15-7-5-6-10-18-15;2*2-1-3;/h2*5-13H,1-4H3;2*3H;. The summed E-state index contributed by atoms with van der Waals surface area (Å²) in [6.45, 7) is 17.7. The van der Waals surface area contributed by atoms with Crippen molar-refractivity contribution in [2.45, 2.75) is 77.6 Å². The number of nitrogens with zero attached hydrogens (tertiary/aromatic N) is 6. The Balaban J connectivity index is 0.000000757. The zero-order valence-electron chi connectivity index (χ0n) is 28.1. The van der Waals surface area contributed by atoms with Crippen molar-refractivity contribution < 1.29 is 29.7 Å². The molecule has 4 rings (SSSR count). The van der Waals surface area contributed by atoms with E-state index in [2.05, 4.69) is 87.5 Å². The normalized spacial score (nSPS) is 10.6. The van der Waals surface area contributed by atoms with Gasteiger partial charge in [-0.25, -0.2) is 0 Å². The molecule has 0 aliphatic rings. The molecular formula is C34H44Cl2N6O2RuSi2. The minimum absolute atomic E-state index is 0. The Morgan fingerprint density at radius 2 is 0.809 bits per heavy atom. The molecule has 0 aromatic carbocycles. The summed E-state index contributed by atoms with van der Waals surface area (Å²) in [5.41, 5.74) is 5.51. The molecule has 4 aromatic rings. The molecule has 0 spiro atoms. The van der Waals surface area contributed by atoms with Crippen LogP contribution in [0.15, 0.2) is 85.5 Å². The Kier molecular flexibility index (Phi) is 20.2. The number of halogens is 2. The topological polar surface area (TPSA) is 140 Å². The van der Waals surface area contributed by atoms with Gasteiger partial charge in [0.05, 0.1) is 22.8 Å². The summed E-state index contributed by atoms with van der Waals surface area (Å²) < 4.78 is 0. The van der Waals surface area contributed by atoms with Crippen LogP contribution in [-0.4, -0.2) is 44.9 Å². The Hall–Kier alpha value is -3.18. The Morgan fingerprint density at radius 3 is 1.00 bits per heavy atom. The maximum absolute atomic E-state index is 7.02. The van der Waals surface area contributed by atoms with E-state index in [-0.39, 0.29) is 19.5 Å². The molecule has 2 N–H and O–H groups in total. The second kappa shape index (κ2) is 21.6. The van der Waals surface area contributed by atoms with Crippen molar-refractivity contribution in [1.82, 2.24) is 19.9 Å². The molecule has 0 radical (unpaired) electrons. The summed E-state index contributed by atoms with van der Waals surface area (Å²) in [7, 11) is -4.03. The maximum atomic E-state index is 7.02. The van der Waals surface area contributed by atoms with E-state index in [0.29, 0.717) is 22.2 Å². The van der Waals surface area contributed by atoms with Gasteiger partial charge in [-0.15, -0.1) is 0 Å². The van der Waals surface area contributed by atoms with Crippen LogP contribution >= 0.6 is 22.2 Å². The first-order valence-electron chi connectivity index (χ1n) is 14.9. The molecule has 0 amide bonds. The maximum Gasteiger partial charge on any atom is 0.283 e. The van der Waals surface area contributed by atoms with Crippen LogP contribution in [0.3, 0.4) is 0 Å². The first kappa shape index (κ1) is 43.8. The SMILES string of the molecule is CC(C)[Si](Cl)(c1ccc(-c2ccccn2)nc1)C(C)C.CC(C)[Si](Cl)(c1ccc(-c2ccccn2)nc1)C(C)C.N#CO.N#CO.[Ru]. The molecule has 0 aliphatic heterocycles. The fourth-order valence-electron chi connectivity index (χ4n) is 5.24. The number of rotatable bonds is 8. The van der Waals surface area contributed by atoms with E-state index in [9.17, 15) is 0 Å². The first-order chi connectivity index (χ1) is 21.7. The van der Waals surface area contributed by atoms with Gasteiger partial charge in [-0.05, 0) is 68.9 Å². The van der Waals surface area contributed by atoms with Crippen molar-refractivity contribution in [3.8, 4) is 35.3 Å². The average molecular weight is 797 g/mol. The van der Waals surface area contributed by atoms with Crippen LogP contribution in [-0.2, 0) is 19.5 Å². The molecule has 4 heterocycles. The van der Waals surface area contributed by atoms with Crippen molar-refractivity contribution in [2.24, 2.45) is 0 Å². The summed E-state index contributed by atoms with van der Waals surface area (Å²) >= 11 is 14.0. The van der Waals surface area contributed by atoms with E-state index in [1.165, 1.54) is 10.4 Å². The van der Waals surface area contributed by atoms with Gasteiger partial charge in [0.15, 0.2) is 14.8 Å². The number of hydrogen-bond donors (Lipinski definition) is 2. The number of aromatic nitrogens is 4. The third-order valence-corrected chi connectivity index (χ3v) is 23.3. The Bertz CT molecular complexity index is 1390. The quantitative estimate of drug-likeness (QED) is 0.103. The van der Waals surface area contributed by atoms with Crippen molar-refractivity contribution in [3.05, 3.63) is 85.5 Å². The smallest absolute Gasteiger partial charge is 0.283 e. The predicted molar refractivity (Wildman–Crippen MR) is 193 cm³/mol. The van der Waals surface area contributed by atoms with E-state index >= 15 is 0 Å². The van der Waals surface area contributed by atoms with Gasteiger partial charge in [-0.1, -0.05) is 79.7 Å². The van der Waals surface area contributed by atoms with Gasteiger partial charge < -0.3 is 10.2 Å². The molecule has 0 saturated carbocycles. The van der Waals surface area contributed by atoms with Gasteiger partial charge in [0, 0.05) is 44.3 Å². The van der Waals surface area contributed by atoms with Crippen LogP contribution in [0.5, 0.6) is 0 Å². The molecule has 0 unspecified atom stereocenters. The Labute approximate surface area is 304 Å². The van der Waals surface area contributed by atoms with Gasteiger partial charge in [-0.3, -0.25) is 19.9 Å². The number of aliphatic hydroxyl groups excluding tert-OH is 2. The van der Waals surface area contributed by atoms with Crippen LogP contribution in [0.4, 0.5) is 0 Å². The molecule has 13 heteroatoms. The van der Waals surface area contributed by atoms with E-state index in [1.54, 1.807) is 12.4 Å². The van der Waals surface area contributed by atoms with Crippen molar-refractivity contribution in [2.75, 3.05) is 0 Å². The second-order valence-electron chi connectivity index (χ2n) is 11.6. The van der Waals surface area contributed by atoms with Crippen molar-refractivity contribution in [3.63, 3.8) is 0 Å². The zero-order valence-corrected chi connectivity index (χ0v) is 33.3. The molecule has 0 aliphatic carbocycles. The monoisotopic (exact) mass is 796 g/mol. The first-order valence-corrected chi connectivity index (χ1v) is 21.3. The van der Waals surface area contributed by atoms with Gasteiger partial charge in [-0.2, -0.15) is 32.7 Å². The Morgan fingerprint density at radius 1 is 0.532 bits per heavy atom. The molecule has 0 bridgehead atoms. The minimum Gasteiger partial charge on any atom is -0.443 e. The summed E-state index contributed by atoms with van der Waals surface area (Å²) in [6.07, 6.45) is 8.97. The fraction of sp³-hybridized carbons (Fsp3) is 0.353. The second-order valence-corrected chi connectivity index (χ2v) is 24.2. The summed E-state index contributed by atoms with van der Waals surface area (Å²) in [5, 5.41) is 29.9. The zero-order chi connectivity index (χ0) is 34.9. The van der Waals surface area contributed by atoms with Crippen LogP contribution in [0.1, 0.15) is 55.4 Å². The van der Waals surface area contributed by atoms with Crippen LogP contribution < -0.4 is 10.4 Å². The molecule has 4 aromatic heterocycles. The van der Waals surface area contributed by atoms with E-state index in [0.717, 1.165) is 35.3 Å². The van der Waals surface area contributed by atoms with Gasteiger partial charge in [0.2, 0.25) is 0 Å². The molecule has 0 saturated heterocycles. The minimum atomic E-state index is -2.01. The van der Waals surface area contributed by atoms with E-state index in [4.69, 9.17) is 42.9 Å². The molecular weight excluding hydrogens is 753 g/mol. The number of aliphatic hydroxyl groups is 2. The largest absolute Gasteiger partial charge is 0.443 e. The fourth-order valence-corrected chi connectivity index (χ4v) is 12.4. The van der Waals surface area contributed by atoms with Crippen LogP contribution in [0.2, 0.25) is 22.2 Å². The molecule has 252 valence electrons. The number of pyridine rings is 4. The summed E-state index contributed by atoms with van der Waals surface area (Å²) in [5.74, 6) is 0. The van der Waals surface area contributed by atoms with Gasteiger partial charge in [0.1, 0.15) is 0 Å². The van der Waals surface area contributed by atoms with E-state index < -0.39 is 14.8 Å². The van der Waals surface area contributed by atoms with Crippen molar-refractivity contribution in [1.29, 1.82) is 10.5 Å². The number of nitriles is 2. The predicted octanol–water partition coefficient (Wildman–Crippen LogP) is 8.39. The number of hydrogen-bond acceptors (Lipinski definition) is 8. The molecule has 0 fully saturated rings. The third-order valence-electron chi connectivity index (χ3n) is 7.63. The third kappa shape index (κ3) is 12.1. The average Bonchev–Trinajstić information content (AvgIpc) is 3.05. The summed E-state index contributed by atoms with van der Waals surface area (Å²) in [6, 6.07) is 20.0. The van der Waals surface area contributed by atoms with Crippen LogP contribution in [0, 0.1) is 23.0 Å².